The molecule has 0 saturated heterocycles. The summed E-state index contributed by atoms with van der Waals surface area (Å²) in [4.78, 5) is 13.4. The second kappa shape index (κ2) is 4.55. The second-order valence-electron chi connectivity index (χ2n) is 7.52. The minimum atomic E-state index is -0.416. The molecule has 1 heteroatoms. The van der Waals surface area contributed by atoms with Crippen LogP contribution in [0.2, 0.25) is 0 Å². The SMILES string of the molecule is CC1(C)CCC2C1C(=O)C2(c1ccccc1)c1ccccc1. The zero-order valence-electron chi connectivity index (χ0n) is 13.3. The van der Waals surface area contributed by atoms with Crippen molar-refractivity contribution in [1.82, 2.24) is 0 Å². The molecule has 2 aliphatic carbocycles. The molecule has 0 N–H and O–H groups in total. The maximum Gasteiger partial charge on any atom is 0.152 e. The minimum Gasteiger partial charge on any atom is -0.298 e. The number of benzene rings is 2. The Hall–Kier alpha value is -1.89. The summed E-state index contributed by atoms with van der Waals surface area (Å²) >= 11 is 0. The van der Waals surface area contributed by atoms with Crippen molar-refractivity contribution in [2.45, 2.75) is 32.1 Å². The molecule has 0 spiro atoms. The Balaban J connectivity index is 1.92. The predicted octanol–water partition coefficient (Wildman–Crippen LogP) is 4.61. The highest BCUT2D eigenvalue weighted by molar-refractivity contribution is 6.03. The van der Waals surface area contributed by atoms with E-state index in [1.807, 2.05) is 12.1 Å². The van der Waals surface area contributed by atoms with Gasteiger partial charge in [0.25, 0.3) is 0 Å². The number of hydrogen-bond acceptors (Lipinski definition) is 1. The average molecular weight is 290 g/mol. The first-order valence-corrected chi connectivity index (χ1v) is 8.24. The van der Waals surface area contributed by atoms with Crippen LogP contribution in [-0.2, 0) is 10.2 Å². The Labute approximate surface area is 132 Å². The Morgan fingerprint density at radius 3 is 1.86 bits per heavy atom. The predicted molar refractivity (Wildman–Crippen MR) is 88.7 cm³/mol. The molecule has 0 bridgehead atoms. The fourth-order valence-corrected chi connectivity index (χ4v) is 5.01. The Morgan fingerprint density at radius 1 is 0.864 bits per heavy atom. The topological polar surface area (TPSA) is 17.1 Å². The van der Waals surface area contributed by atoms with E-state index in [-0.39, 0.29) is 11.3 Å². The maximum absolute atomic E-state index is 13.4. The number of hydrogen-bond donors (Lipinski definition) is 0. The zero-order valence-corrected chi connectivity index (χ0v) is 13.3. The summed E-state index contributed by atoms with van der Waals surface area (Å²) in [7, 11) is 0. The lowest BCUT2D eigenvalue weighted by atomic mass is 9.46. The highest BCUT2D eigenvalue weighted by Gasteiger charge is 2.69. The van der Waals surface area contributed by atoms with Crippen LogP contribution < -0.4 is 0 Å². The van der Waals surface area contributed by atoms with Gasteiger partial charge in [-0.3, -0.25) is 4.79 Å². The highest BCUT2D eigenvalue weighted by Crippen LogP contribution is 2.65. The fourth-order valence-electron chi connectivity index (χ4n) is 5.01. The van der Waals surface area contributed by atoms with E-state index in [4.69, 9.17) is 0 Å². The molecule has 4 rings (SSSR count). The smallest absolute Gasteiger partial charge is 0.152 e. The standard InChI is InChI=1S/C21H22O/c1-20(2)14-13-17-18(20)19(22)21(17,15-9-5-3-6-10-15)16-11-7-4-8-12-16/h3-12,17-18H,13-14H2,1-2H3. The first-order chi connectivity index (χ1) is 10.6. The molecule has 2 aromatic carbocycles. The molecule has 0 radical (unpaired) electrons. The lowest BCUT2D eigenvalue weighted by Crippen LogP contribution is -2.62. The molecule has 22 heavy (non-hydrogen) atoms. The number of carbonyl (C=O) groups excluding carboxylic acids is 1. The molecule has 1 nitrogen and oxygen atoms in total. The van der Waals surface area contributed by atoms with Crippen molar-refractivity contribution in [1.29, 1.82) is 0 Å². The van der Waals surface area contributed by atoms with E-state index in [0.29, 0.717) is 11.7 Å². The summed E-state index contributed by atoms with van der Waals surface area (Å²) in [6, 6.07) is 20.8. The largest absolute Gasteiger partial charge is 0.298 e. The van der Waals surface area contributed by atoms with Crippen molar-refractivity contribution in [3.8, 4) is 0 Å². The third-order valence-corrected chi connectivity index (χ3v) is 6.03. The Bertz CT molecular complexity index is 660. The molecular formula is C21H22O. The normalized spacial score (nSPS) is 28.0. The van der Waals surface area contributed by atoms with E-state index in [2.05, 4.69) is 62.4 Å². The summed E-state index contributed by atoms with van der Waals surface area (Å²) in [5.41, 5.74) is 2.07. The molecule has 0 aliphatic heterocycles. The van der Waals surface area contributed by atoms with Crippen LogP contribution in [-0.4, -0.2) is 5.78 Å². The van der Waals surface area contributed by atoms with Crippen molar-refractivity contribution in [2.24, 2.45) is 17.3 Å². The quantitative estimate of drug-likeness (QED) is 0.789. The van der Waals surface area contributed by atoms with Crippen LogP contribution in [0, 0.1) is 17.3 Å². The lowest BCUT2D eigenvalue weighted by Gasteiger charge is -2.54. The van der Waals surface area contributed by atoms with Gasteiger partial charge in [-0.25, -0.2) is 0 Å². The van der Waals surface area contributed by atoms with E-state index in [9.17, 15) is 4.79 Å². The van der Waals surface area contributed by atoms with E-state index >= 15 is 0 Å². The van der Waals surface area contributed by atoms with E-state index in [1.54, 1.807) is 0 Å². The molecule has 2 saturated carbocycles. The molecule has 0 amide bonds. The van der Waals surface area contributed by atoms with Gasteiger partial charge in [-0.05, 0) is 35.3 Å². The first-order valence-electron chi connectivity index (χ1n) is 8.24. The highest BCUT2D eigenvalue weighted by atomic mass is 16.1. The van der Waals surface area contributed by atoms with Gasteiger partial charge in [0.15, 0.2) is 5.78 Å². The number of carbonyl (C=O) groups is 1. The van der Waals surface area contributed by atoms with Crippen LogP contribution >= 0.6 is 0 Å². The summed E-state index contributed by atoms with van der Waals surface area (Å²) in [5, 5.41) is 0. The molecule has 0 aromatic heterocycles. The fraction of sp³-hybridized carbons (Fsp3) is 0.381. The van der Waals surface area contributed by atoms with Gasteiger partial charge >= 0.3 is 0 Å². The van der Waals surface area contributed by atoms with Crippen LogP contribution in [0.3, 0.4) is 0 Å². The third-order valence-electron chi connectivity index (χ3n) is 6.03. The van der Waals surface area contributed by atoms with E-state index in [1.165, 1.54) is 11.1 Å². The molecule has 112 valence electrons. The third kappa shape index (κ3) is 1.57. The number of Topliss-reactive ketones (excluding diaryl/α,β-unsaturated/α-hetero) is 1. The number of fused-ring (bicyclic) bond motifs is 1. The van der Waals surface area contributed by atoms with Gasteiger partial charge in [-0.15, -0.1) is 0 Å². The van der Waals surface area contributed by atoms with Crippen LogP contribution in [0.5, 0.6) is 0 Å². The van der Waals surface area contributed by atoms with Gasteiger partial charge in [0.05, 0.1) is 5.41 Å². The van der Waals surface area contributed by atoms with E-state index in [0.717, 1.165) is 12.8 Å². The van der Waals surface area contributed by atoms with Gasteiger partial charge in [-0.1, -0.05) is 74.5 Å². The second-order valence-corrected chi connectivity index (χ2v) is 7.52. The molecule has 2 fully saturated rings. The molecule has 2 unspecified atom stereocenters. The summed E-state index contributed by atoms with van der Waals surface area (Å²) in [6.07, 6.45) is 2.29. The van der Waals surface area contributed by atoms with Crippen molar-refractivity contribution < 1.29 is 4.79 Å². The van der Waals surface area contributed by atoms with Gasteiger partial charge in [-0.2, -0.15) is 0 Å². The zero-order chi connectivity index (χ0) is 15.4. The van der Waals surface area contributed by atoms with Gasteiger partial charge in [0, 0.05) is 5.92 Å². The van der Waals surface area contributed by atoms with Gasteiger partial charge in [0.2, 0.25) is 0 Å². The van der Waals surface area contributed by atoms with Gasteiger partial charge in [0.1, 0.15) is 0 Å². The number of rotatable bonds is 2. The molecule has 2 aromatic rings. The summed E-state index contributed by atoms with van der Waals surface area (Å²) < 4.78 is 0. The van der Waals surface area contributed by atoms with E-state index < -0.39 is 5.41 Å². The monoisotopic (exact) mass is 290 g/mol. The van der Waals surface area contributed by atoms with Crippen molar-refractivity contribution >= 4 is 5.78 Å². The Morgan fingerprint density at radius 2 is 1.36 bits per heavy atom. The number of ketones is 1. The van der Waals surface area contributed by atoms with Crippen LogP contribution in [0.4, 0.5) is 0 Å². The van der Waals surface area contributed by atoms with Crippen molar-refractivity contribution in [3.63, 3.8) is 0 Å². The molecular weight excluding hydrogens is 268 g/mol. The average Bonchev–Trinajstić information content (AvgIpc) is 2.82. The summed E-state index contributed by atoms with van der Waals surface area (Å²) in [5.74, 6) is 1.09. The first kappa shape index (κ1) is 13.8. The molecule has 0 heterocycles. The molecule has 2 atom stereocenters. The minimum absolute atomic E-state index is 0.148. The summed E-state index contributed by atoms with van der Waals surface area (Å²) in [6.45, 7) is 4.52. The van der Waals surface area contributed by atoms with Gasteiger partial charge < -0.3 is 0 Å². The Kier molecular flexibility index (Phi) is 2.84. The van der Waals surface area contributed by atoms with Crippen molar-refractivity contribution in [2.75, 3.05) is 0 Å². The lowest BCUT2D eigenvalue weighted by molar-refractivity contribution is -0.146. The van der Waals surface area contributed by atoms with Crippen LogP contribution in [0.15, 0.2) is 60.7 Å². The molecule has 2 aliphatic rings. The van der Waals surface area contributed by atoms with Crippen LogP contribution in [0.1, 0.15) is 37.8 Å². The van der Waals surface area contributed by atoms with Crippen LogP contribution in [0.25, 0.3) is 0 Å². The maximum atomic E-state index is 13.4. The van der Waals surface area contributed by atoms with Crippen molar-refractivity contribution in [3.05, 3.63) is 71.8 Å².